The zero-order valence-corrected chi connectivity index (χ0v) is 9.63. The van der Waals surface area contributed by atoms with Crippen molar-refractivity contribution in [1.29, 1.82) is 0 Å². The summed E-state index contributed by atoms with van der Waals surface area (Å²) in [6.07, 6.45) is 6.74. The van der Waals surface area contributed by atoms with Gasteiger partial charge in [0, 0.05) is 6.20 Å². The van der Waals surface area contributed by atoms with E-state index in [-0.39, 0.29) is 0 Å². The lowest BCUT2D eigenvalue weighted by molar-refractivity contribution is 0.774. The highest BCUT2D eigenvalue weighted by atomic mass is 32.2. The van der Waals surface area contributed by atoms with E-state index < -0.39 is 0 Å². The number of pyridine rings is 1. The summed E-state index contributed by atoms with van der Waals surface area (Å²) in [5.74, 6) is 2.51. The van der Waals surface area contributed by atoms with Crippen molar-refractivity contribution in [3.63, 3.8) is 0 Å². The molecule has 15 heavy (non-hydrogen) atoms. The van der Waals surface area contributed by atoms with Crippen molar-refractivity contribution in [3.8, 4) is 0 Å². The summed E-state index contributed by atoms with van der Waals surface area (Å²) in [6.45, 7) is 2.12. The van der Waals surface area contributed by atoms with E-state index in [2.05, 4.69) is 34.6 Å². The molecule has 0 bridgehead atoms. The van der Waals surface area contributed by atoms with Crippen LogP contribution in [-0.4, -0.2) is 15.1 Å². The highest BCUT2D eigenvalue weighted by Gasteiger charge is 2.21. The van der Waals surface area contributed by atoms with Crippen LogP contribution in [0, 0.1) is 6.92 Å². The maximum absolute atomic E-state index is 4.56. The number of imidazole rings is 1. The van der Waals surface area contributed by atoms with Gasteiger partial charge in [-0.1, -0.05) is 0 Å². The number of rotatable bonds is 1. The minimum absolute atomic E-state index is 0.607. The lowest BCUT2D eigenvalue weighted by Gasteiger charge is -2.07. The van der Waals surface area contributed by atoms with E-state index in [0.29, 0.717) is 5.25 Å². The van der Waals surface area contributed by atoms with Gasteiger partial charge in [0.15, 0.2) is 0 Å². The van der Waals surface area contributed by atoms with Gasteiger partial charge in [-0.2, -0.15) is 11.8 Å². The molecule has 2 aromatic heterocycles. The third-order valence-corrected chi connectivity index (χ3v) is 4.31. The van der Waals surface area contributed by atoms with Crippen LogP contribution in [0.2, 0.25) is 0 Å². The second-order valence-corrected chi connectivity index (χ2v) is 5.43. The lowest BCUT2D eigenvalue weighted by Crippen LogP contribution is -1.97. The molecule has 78 valence electrons. The van der Waals surface area contributed by atoms with E-state index >= 15 is 0 Å². The van der Waals surface area contributed by atoms with Crippen LogP contribution in [-0.2, 0) is 0 Å². The molecule has 0 amide bonds. The molecule has 1 aliphatic heterocycles. The number of hydrogen-bond acceptors (Lipinski definition) is 2. The minimum Gasteiger partial charge on any atom is -0.303 e. The van der Waals surface area contributed by atoms with Crippen LogP contribution in [0.15, 0.2) is 24.5 Å². The van der Waals surface area contributed by atoms with Crippen LogP contribution in [0.5, 0.6) is 0 Å². The second-order valence-electron chi connectivity index (χ2n) is 4.12. The van der Waals surface area contributed by atoms with E-state index in [1.165, 1.54) is 35.5 Å². The lowest BCUT2D eigenvalue weighted by atomic mass is 10.2. The summed E-state index contributed by atoms with van der Waals surface area (Å²) in [4.78, 5) is 4.56. The first-order valence-corrected chi connectivity index (χ1v) is 6.45. The van der Waals surface area contributed by atoms with Gasteiger partial charge in [0.2, 0.25) is 0 Å². The fourth-order valence-corrected chi connectivity index (χ4v) is 3.43. The molecule has 0 aliphatic carbocycles. The molecule has 0 radical (unpaired) electrons. The van der Waals surface area contributed by atoms with Gasteiger partial charge in [0.25, 0.3) is 0 Å². The molecule has 1 unspecified atom stereocenters. The fourth-order valence-electron chi connectivity index (χ4n) is 2.15. The Balaban J connectivity index is 2.11. The summed E-state index contributed by atoms with van der Waals surface area (Å²) in [6, 6.07) is 4.34. The van der Waals surface area contributed by atoms with Gasteiger partial charge >= 0.3 is 0 Å². The van der Waals surface area contributed by atoms with Crippen LogP contribution < -0.4 is 0 Å². The van der Waals surface area contributed by atoms with E-state index in [1.807, 2.05) is 18.0 Å². The third kappa shape index (κ3) is 1.55. The molecule has 3 heterocycles. The molecule has 0 N–H and O–H groups in total. The molecule has 2 aromatic rings. The zero-order valence-electron chi connectivity index (χ0n) is 8.81. The molecule has 0 spiro atoms. The number of aromatic nitrogens is 2. The molecule has 0 aromatic carbocycles. The third-order valence-electron chi connectivity index (χ3n) is 2.93. The van der Waals surface area contributed by atoms with Crippen LogP contribution in [0.1, 0.15) is 29.5 Å². The predicted molar refractivity (Wildman–Crippen MR) is 64.4 cm³/mol. The summed E-state index contributed by atoms with van der Waals surface area (Å²) in [7, 11) is 0. The average molecular weight is 218 g/mol. The van der Waals surface area contributed by atoms with E-state index in [1.54, 1.807) is 0 Å². The number of hydrogen-bond donors (Lipinski definition) is 0. The summed E-state index contributed by atoms with van der Waals surface area (Å²) >= 11 is 2.04. The molecule has 2 nitrogen and oxygen atoms in total. The van der Waals surface area contributed by atoms with Crippen molar-refractivity contribution in [2.75, 3.05) is 5.75 Å². The van der Waals surface area contributed by atoms with Crippen LogP contribution in [0.4, 0.5) is 0 Å². The Morgan fingerprint density at radius 1 is 1.53 bits per heavy atom. The van der Waals surface area contributed by atoms with Gasteiger partial charge in [-0.15, -0.1) is 0 Å². The Labute approximate surface area is 93.7 Å². The maximum atomic E-state index is 4.56. The minimum atomic E-state index is 0.607. The molecular formula is C12H14N2S. The molecule has 1 saturated heterocycles. The molecule has 3 rings (SSSR count). The van der Waals surface area contributed by atoms with Gasteiger partial charge < -0.3 is 4.40 Å². The Morgan fingerprint density at radius 2 is 2.47 bits per heavy atom. The predicted octanol–water partition coefficient (Wildman–Crippen LogP) is 3.21. The fraction of sp³-hybridized carbons (Fsp3) is 0.417. The zero-order chi connectivity index (χ0) is 10.3. The van der Waals surface area contributed by atoms with E-state index in [0.717, 1.165) is 0 Å². The van der Waals surface area contributed by atoms with Crippen LogP contribution in [0.3, 0.4) is 0 Å². The first kappa shape index (κ1) is 9.28. The molecule has 0 saturated carbocycles. The Bertz CT molecular complexity index is 483. The summed E-state index contributed by atoms with van der Waals surface area (Å²) < 4.78 is 2.23. The topological polar surface area (TPSA) is 17.3 Å². The monoisotopic (exact) mass is 218 g/mol. The van der Waals surface area contributed by atoms with Crippen molar-refractivity contribution < 1.29 is 0 Å². The van der Waals surface area contributed by atoms with Crippen molar-refractivity contribution >= 4 is 17.3 Å². The van der Waals surface area contributed by atoms with Crippen molar-refractivity contribution in [1.82, 2.24) is 9.38 Å². The van der Waals surface area contributed by atoms with Crippen LogP contribution >= 0.6 is 11.8 Å². The molecule has 1 fully saturated rings. The maximum Gasteiger partial charge on any atom is 0.126 e. The quantitative estimate of drug-likeness (QED) is 0.731. The van der Waals surface area contributed by atoms with Crippen LogP contribution in [0.25, 0.3) is 5.52 Å². The summed E-state index contributed by atoms with van der Waals surface area (Å²) in [5.41, 5.74) is 2.52. The number of thioether (sulfide) groups is 1. The second kappa shape index (κ2) is 3.56. The number of fused-ring (bicyclic) bond motifs is 1. The van der Waals surface area contributed by atoms with Crippen molar-refractivity contribution in [2.45, 2.75) is 25.0 Å². The summed E-state index contributed by atoms with van der Waals surface area (Å²) in [5, 5.41) is 0.607. The Hall–Kier alpha value is -0.960. The number of aryl methyl sites for hydroxylation is 1. The van der Waals surface area contributed by atoms with Gasteiger partial charge in [0.1, 0.15) is 5.82 Å². The molecular weight excluding hydrogens is 204 g/mol. The average Bonchev–Trinajstić information content (AvgIpc) is 2.82. The first-order chi connectivity index (χ1) is 7.34. The molecule has 3 heteroatoms. The van der Waals surface area contributed by atoms with Crippen molar-refractivity contribution in [2.24, 2.45) is 0 Å². The largest absolute Gasteiger partial charge is 0.303 e. The molecule has 1 atom stereocenters. The van der Waals surface area contributed by atoms with E-state index in [4.69, 9.17) is 0 Å². The van der Waals surface area contributed by atoms with Gasteiger partial charge in [-0.05, 0) is 43.2 Å². The first-order valence-electron chi connectivity index (χ1n) is 5.40. The van der Waals surface area contributed by atoms with Crippen molar-refractivity contribution in [3.05, 3.63) is 35.9 Å². The Kier molecular flexibility index (Phi) is 2.20. The SMILES string of the molecule is Cc1ccn2c(C3CCCS3)ncc2c1. The Morgan fingerprint density at radius 3 is 3.27 bits per heavy atom. The molecule has 1 aliphatic rings. The normalized spacial score (nSPS) is 21.3. The highest BCUT2D eigenvalue weighted by Crippen LogP contribution is 2.39. The smallest absolute Gasteiger partial charge is 0.126 e. The van der Waals surface area contributed by atoms with E-state index in [9.17, 15) is 0 Å². The highest BCUT2D eigenvalue weighted by molar-refractivity contribution is 7.99. The van der Waals surface area contributed by atoms with Gasteiger partial charge in [-0.25, -0.2) is 4.98 Å². The number of nitrogens with zero attached hydrogens (tertiary/aromatic N) is 2. The van der Waals surface area contributed by atoms with Gasteiger partial charge in [0.05, 0.1) is 17.0 Å². The van der Waals surface area contributed by atoms with Gasteiger partial charge in [-0.3, -0.25) is 0 Å². The standard InChI is InChI=1S/C12H14N2S/c1-9-4-5-14-10(7-9)8-13-12(14)11-3-2-6-15-11/h4-5,7-8,11H,2-3,6H2,1H3.